The quantitative estimate of drug-likeness (QED) is 0.744. The Morgan fingerprint density at radius 1 is 1.42 bits per heavy atom. The number of piperidine rings is 1. The molecule has 3 N–H and O–H groups in total. The Hall–Kier alpha value is -1.43. The summed E-state index contributed by atoms with van der Waals surface area (Å²) in [6, 6.07) is 0.650. The van der Waals surface area contributed by atoms with Crippen LogP contribution in [-0.2, 0) is 5.41 Å². The van der Waals surface area contributed by atoms with E-state index >= 15 is 0 Å². The van der Waals surface area contributed by atoms with Gasteiger partial charge in [-0.25, -0.2) is 4.98 Å². The Balaban J connectivity index is 1.98. The zero-order valence-corrected chi connectivity index (χ0v) is 12.1. The number of nitrogens with one attached hydrogen (secondary N) is 3. The Morgan fingerprint density at radius 2 is 2.16 bits per heavy atom. The molecule has 0 saturated carbocycles. The standard InChI is InChI=1S/C13H23N5O/c1-8-7-9(5-6-14-8)15-11(19)10-16-12(18-17-10)13(2,3)4/h8-9,14H,5-7H2,1-4H3,(H,15,19)(H,16,17,18). The average Bonchev–Trinajstić information content (AvgIpc) is 2.77. The number of hydrogen-bond donors (Lipinski definition) is 3. The molecular weight excluding hydrogens is 242 g/mol. The van der Waals surface area contributed by atoms with Gasteiger partial charge in [-0.1, -0.05) is 20.8 Å². The fraction of sp³-hybridized carbons (Fsp3) is 0.769. The molecule has 1 amide bonds. The van der Waals surface area contributed by atoms with Crippen molar-refractivity contribution in [3.05, 3.63) is 11.6 Å². The van der Waals surface area contributed by atoms with Crippen LogP contribution in [0.2, 0.25) is 0 Å². The highest BCUT2D eigenvalue weighted by Crippen LogP contribution is 2.17. The lowest BCUT2D eigenvalue weighted by Gasteiger charge is -2.28. The molecule has 106 valence electrons. The first-order valence-electron chi connectivity index (χ1n) is 6.83. The predicted octanol–water partition coefficient (Wildman–Crippen LogP) is 0.972. The number of carbonyl (C=O) groups is 1. The third-order valence-corrected chi connectivity index (χ3v) is 3.36. The number of nitrogens with zero attached hydrogens (tertiary/aromatic N) is 2. The maximum Gasteiger partial charge on any atom is 0.291 e. The number of hydrogen-bond acceptors (Lipinski definition) is 4. The highest BCUT2D eigenvalue weighted by Gasteiger charge is 2.24. The van der Waals surface area contributed by atoms with Crippen molar-refractivity contribution in [2.45, 2.75) is 58.0 Å². The topological polar surface area (TPSA) is 82.7 Å². The van der Waals surface area contributed by atoms with Crippen molar-refractivity contribution >= 4 is 5.91 Å². The number of rotatable bonds is 2. The van der Waals surface area contributed by atoms with E-state index in [1.807, 2.05) is 20.8 Å². The van der Waals surface area contributed by atoms with Gasteiger partial charge in [0.2, 0.25) is 5.82 Å². The van der Waals surface area contributed by atoms with Crippen LogP contribution in [0.5, 0.6) is 0 Å². The lowest BCUT2D eigenvalue weighted by Crippen LogP contribution is -2.46. The Labute approximate surface area is 113 Å². The van der Waals surface area contributed by atoms with Crippen LogP contribution in [-0.4, -0.2) is 39.7 Å². The average molecular weight is 265 g/mol. The molecule has 6 heteroatoms. The van der Waals surface area contributed by atoms with Crippen molar-refractivity contribution in [3.8, 4) is 0 Å². The van der Waals surface area contributed by atoms with Gasteiger partial charge in [0.15, 0.2) is 0 Å². The van der Waals surface area contributed by atoms with Gasteiger partial charge in [-0.3, -0.25) is 9.89 Å². The fourth-order valence-corrected chi connectivity index (χ4v) is 2.21. The summed E-state index contributed by atoms with van der Waals surface area (Å²) in [4.78, 5) is 16.4. The van der Waals surface area contributed by atoms with Crippen LogP contribution in [0.25, 0.3) is 0 Å². The second-order valence-electron chi connectivity index (χ2n) is 6.31. The first-order valence-corrected chi connectivity index (χ1v) is 6.83. The summed E-state index contributed by atoms with van der Waals surface area (Å²) in [7, 11) is 0. The lowest BCUT2D eigenvalue weighted by molar-refractivity contribution is 0.0915. The lowest BCUT2D eigenvalue weighted by atomic mass is 9.96. The zero-order valence-electron chi connectivity index (χ0n) is 12.1. The van der Waals surface area contributed by atoms with Crippen LogP contribution >= 0.6 is 0 Å². The third-order valence-electron chi connectivity index (χ3n) is 3.36. The molecule has 1 fully saturated rings. The second kappa shape index (κ2) is 5.28. The Bertz CT molecular complexity index is 448. The first-order chi connectivity index (χ1) is 8.86. The van der Waals surface area contributed by atoms with E-state index in [2.05, 4.69) is 32.7 Å². The van der Waals surface area contributed by atoms with Gasteiger partial charge in [0, 0.05) is 17.5 Å². The minimum Gasteiger partial charge on any atom is -0.346 e. The van der Waals surface area contributed by atoms with Crippen molar-refractivity contribution in [2.24, 2.45) is 0 Å². The Kier molecular flexibility index (Phi) is 3.89. The molecule has 0 spiro atoms. The first kappa shape index (κ1) is 14.0. The highest BCUT2D eigenvalue weighted by molar-refractivity contribution is 5.90. The van der Waals surface area contributed by atoms with Gasteiger partial charge < -0.3 is 10.6 Å². The monoisotopic (exact) mass is 265 g/mol. The number of aromatic amines is 1. The summed E-state index contributed by atoms with van der Waals surface area (Å²) in [5.41, 5.74) is -0.130. The van der Waals surface area contributed by atoms with Crippen LogP contribution in [0.15, 0.2) is 0 Å². The normalized spacial score (nSPS) is 24.2. The zero-order chi connectivity index (χ0) is 14.0. The van der Waals surface area contributed by atoms with E-state index < -0.39 is 0 Å². The van der Waals surface area contributed by atoms with Gasteiger partial charge in [-0.2, -0.15) is 0 Å². The van der Waals surface area contributed by atoms with Crippen LogP contribution in [0.1, 0.15) is 57.0 Å². The largest absolute Gasteiger partial charge is 0.346 e. The molecule has 0 aliphatic carbocycles. The third kappa shape index (κ3) is 3.53. The summed E-state index contributed by atoms with van der Waals surface area (Å²) in [5.74, 6) is 0.776. The number of carbonyl (C=O) groups excluding carboxylic acids is 1. The van der Waals surface area contributed by atoms with E-state index in [-0.39, 0.29) is 23.2 Å². The van der Waals surface area contributed by atoms with Crippen molar-refractivity contribution in [1.82, 2.24) is 25.8 Å². The van der Waals surface area contributed by atoms with Crippen molar-refractivity contribution in [3.63, 3.8) is 0 Å². The molecule has 1 aliphatic heterocycles. The smallest absolute Gasteiger partial charge is 0.291 e. The van der Waals surface area contributed by atoms with Gasteiger partial charge in [-0.15, -0.1) is 5.10 Å². The minimum atomic E-state index is -0.189. The molecule has 1 aromatic heterocycles. The summed E-state index contributed by atoms with van der Waals surface area (Å²) in [5, 5.41) is 13.2. The van der Waals surface area contributed by atoms with E-state index in [1.54, 1.807) is 0 Å². The van der Waals surface area contributed by atoms with E-state index in [4.69, 9.17) is 0 Å². The van der Waals surface area contributed by atoms with E-state index in [1.165, 1.54) is 0 Å². The fourth-order valence-electron chi connectivity index (χ4n) is 2.21. The van der Waals surface area contributed by atoms with Crippen molar-refractivity contribution < 1.29 is 4.79 Å². The van der Waals surface area contributed by atoms with E-state index in [9.17, 15) is 4.79 Å². The summed E-state index contributed by atoms with van der Waals surface area (Å²) >= 11 is 0. The van der Waals surface area contributed by atoms with Gasteiger partial charge in [0.25, 0.3) is 5.91 Å². The summed E-state index contributed by atoms with van der Waals surface area (Å²) in [6.07, 6.45) is 1.90. The maximum absolute atomic E-state index is 12.1. The van der Waals surface area contributed by atoms with Gasteiger partial charge in [0.1, 0.15) is 5.82 Å². The van der Waals surface area contributed by atoms with Crippen LogP contribution in [0.3, 0.4) is 0 Å². The molecule has 6 nitrogen and oxygen atoms in total. The SMILES string of the molecule is CC1CC(NC(=O)c2n[nH]c(C(C)(C)C)n2)CCN1. The molecule has 19 heavy (non-hydrogen) atoms. The van der Waals surface area contributed by atoms with E-state index in [0.717, 1.165) is 25.2 Å². The van der Waals surface area contributed by atoms with E-state index in [0.29, 0.717) is 6.04 Å². The number of aromatic nitrogens is 3. The molecule has 1 aliphatic rings. The molecule has 1 aromatic rings. The van der Waals surface area contributed by atoms with Crippen LogP contribution < -0.4 is 10.6 Å². The van der Waals surface area contributed by atoms with Gasteiger partial charge in [0.05, 0.1) is 0 Å². The molecule has 2 unspecified atom stereocenters. The number of amides is 1. The van der Waals surface area contributed by atoms with Gasteiger partial charge >= 0.3 is 0 Å². The minimum absolute atomic E-state index is 0.130. The number of H-pyrrole nitrogens is 1. The van der Waals surface area contributed by atoms with Gasteiger partial charge in [-0.05, 0) is 26.3 Å². The second-order valence-corrected chi connectivity index (χ2v) is 6.31. The summed E-state index contributed by atoms with van der Waals surface area (Å²) < 4.78 is 0. The molecule has 2 rings (SSSR count). The predicted molar refractivity (Wildman–Crippen MR) is 73.0 cm³/mol. The highest BCUT2D eigenvalue weighted by atomic mass is 16.2. The molecule has 0 radical (unpaired) electrons. The molecule has 0 aromatic carbocycles. The maximum atomic E-state index is 12.1. The van der Waals surface area contributed by atoms with Crippen molar-refractivity contribution in [1.29, 1.82) is 0 Å². The molecular formula is C13H23N5O. The summed E-state index contributed by atoms with van der Waals surface area (Å²) in [6.45, 7) is 9.16. The molecule has 0 bridgehead atoms. The molecule has 1 saturated heterocycles. The van der Waals surface area contributed by atoms with Crippen LogP contribution in [0, 0.1) is 0 Å². The Morgan fingerprint density at radius 3 is 2.74 bits per heavy atom. The molecule has 2 heterocycles. The van der Waals surface area contributed by atoms with Crippen molar-refractivity contribution in [2.75, 3.05) is 6.54 Å². The van der Waals surface area contributed by atoms with Crippen LogP contribution in [0.4, 0.5) is 0 Å². The molecule has 2 atom stereocenters.